The number of cyclic esters (lactones) is 2. The molecule has 1 aromatic heterocycles. The first kappa shape index (κ1) is 10.5. The summed E-state index contributed by atoms with van der Waals surface area (Å²) >= 11 is 0. The van der Waals surface area contributed by atoms with Crippen LogP contribution >= 0.6 is 0 Å². The number of fused-ring (bicyclic) bond motifs is 1. The third kappa shape index (κ3) is 1.53. The largest absolute Gasteiger partial charge is 0.508 e. The lowest BCUT2D eigenvalue weighted by atomic mass is 10.0. The molecule has 1 aromatic carbocycles. The molecule has 2 aromatic rings. The molecular weight excluding hydrogens is 234 g/mol. The lowest BCUT2D eigenvalue weighted by Crippen LogP contribution is -1.97. The predicted molar refractivity (Wildman–Crippen MR) is 61.1 cm³/mol. The number of carbonyl (C=O) groups excluding carboxylic acids is 2. The van der Waals surface area contributed by atoms with E-state index >= 15 is 0 Å². The van der Waals surface area contributed by atoms with Crippen LogP contribution in [0, 0.1) is 0 Å². The molecule has 0 spiro atoms. The molecule has 3 rings (SSSR count). The van der Waals surface area contributed by atoms with Gasteiger partial charge in [0.1, 0.15) is 5.75 Å². The Hall–Kier alpha value is -2.69. The Bertz CT molecular complexity index is 661. The van der Waals surface area contributed by atoms with Gasteiger partial charge < -0.3 is 9.84 Å². The second-order valence-corrected chi connectivity index (χ2v) is 3.84. The number of hydrogen-bond donors (Lipinski definition) is 1. The molecule has 1 N–H and O–H groups in total. The number of carbonyl (C=O) groups is 2. The Kier molecular flexibility index (Phi) is 2.13. The smallest absolute Gasteiger partial charge is 0.365 e. The highest BCUT2D eigenvalue weighted by atomic mass is 16.6. The zero-order chi connectivity index (χ0) is 12.7. The van der Waals surface area contributed by atoms with Crippen LogP contribution < -0.4 is 0 Å². The number of phenolic OH excluding ortho intramolecular Hbond substituents is 1. The molecular formula is C13H7NO4. The molecule has 18 heavy (non-hydrogen) atoms. The first-order valence-corrected chi connectivity index (χ1v) is 5.21. The van der Waals surface area contributed by atoms with E-state index in [-0.39, 0.29) is 17.0 Å². The van der Waals surface area contributed by atoms with E-state index in [9.17, 15) is 14.7 Å². The van der Waals surface area contributed by atoms with Crippen LogP contribution in [0.4, 0.5) is 0 Å². The number of rotatable bonds is 1. The van der Waals surface area contributed by atoms with Crippen LogP contribution in [0.1, 0.15) is 20.8 Å². The van der Waals surface area contributed by atoms with Crippen molar-refractivity contribution in [3.8, 4) is 16.9 Å². The van der Waals surface area contributed by atoms with Gasteiger partial charge in [-0.25, -0.2) is 14.6 Å². The SMILES string of the molecule is O=C1OC(=O)c2ncc(-c3ccc(O)cc3)cc21. The van der Waals surface area contributed by atoms with Crippen LogP contribution in [0.3, 0.4) is 0 Å². The van der Waals surface area contributed by atoms with E-state index in [1.54, 1.807) is 18.2 Å². The van der Waals surface area contributed by atoms with Crippen molar-refractivity contribution in [3.63, 3.8) is 0 Å². The van der Waals surface area contributed by atoms with Gasteiger partial charge >= 0.3 is 11.9 Å². The Morgan fingerprint density at radius 3 is 2.44 bits per heavy atom. The van der Waals surface area contributed by atoms with E-state index < -0.39 is 11.9 Å². The molecule has 0 radical (unpaired) electrons. The van der Waals surface area contributed by atoms with E-state index in [4.69, 9.17) is 0 Å². The Morgan fingerprint density at radius 2 is 1.72 bits per heavy atom. The molecule has 0 fully saturated rings. The van der Waals surface area contributed by atoms with E-state index in [2.05, 4.69) is 9.72 Å². The summed E-state index contributed by atoms with van der Waals surface area (Å²) in [6.07, 6.45) is 1.49. The number of ether oxygens (including phenoxy) is 1. The predicted octanol–water partition coefficient (Wildman–Crippen LogP) is 1.76. The first-order valence-electron chi connectivity index (χ1n) is 5.21. The fraction of sp³-hybridized carbons (Fsp3) is 0. The van der Waals surface area contributed by atoms with Crippen LogP contribution in [0.15, 0.2) is 36.5 Å². The fourth-order valence-electron chi connectivity index (χ4n) is 1.78. The maximum atomic E-state index is 11.4. The van der Waals surface area contributed by atoms with Crippen molar-refractivity contribution in [2.75, 3.05) is 0 Å². The van der Waals surface area contributed by atoms with E-state index in [0.29, 0.717) is 5.56 Å². The maximum Gasteiger partial charge on any atom is 0.365 e. The summed E-state index contributed by atoms with van der Waals surface area (Å²) in [5, 5.41) is 9.20. The van der Waals surface area contributed by atoms with E-state index in [1.807, 2.05) is 0 Å². The second kappa shape index (κ2) is 3.66. The molecule has 0 saturated carbocycles. The molecule has 1 aliphatic rings. The number of hydrogen-bond acceptors (Lipinski definition) is 5. The summed E-state index contributed by atoms with van der Waals surface area (Å²) in [4.78, 5) is 26.6. The normalized spacial score (nSPS) is 13.3. The number of aromatic hydroxyl groups is 1. The molecule has 0 atom stereocenters. The first-order chi connectivity index (χ1) is 8.65. The van der Waals surface area contributed by atoms with Gasteiger partial charge in [0.15, 0.2) is 5.69 Å². The van der Waals surface area contributed by atoms with Crippen LogP contribution in [0.2, 0.25) is 0 Å². The number of nitrogens with zero attached hydrogens (tertiary/aromatic N) is 1. The molecule has 0 bridgehead atoms. The third-order valence-corrected chi connectivity index (χ3v) is 2.69. The minimum Gasteiger partial charge on any atom is -0.508 e. The van der Waals surface area contributed by atoms with E-state index in [0.717, 1.165) is 5.56 Å². The number of pyridine rings is 1. The molecule has 0 aliphatic carbocycles. The molecule has 0 unspecified atom stereocenters. The summed E-state index contributed by atoms with van der Waals surface area (Å²) in [5.74, 6) is -1.24. The molecule has 88 valence electrons. The highest BCUT2D eigenvalue weighted by molar-refractivity contribution is 6.14. The Balaban J connectivity index is 2.11. The van der Waals surface area contributed by atoms with Crippen molar-refractivity contribution < 1.29 is 19.4 Å². The summed E-state index contributed by atoms with van der Waals surface area (Å²) in [7, 11) is 0. The highest BCUT2D eigenvalue weighted by Crippen LogP contribution is 2.26. The van der Waals surface area contributed by atoms with Crippen molar-refractivity contribution in [3.05, 3.63) is 47.8 Å². The zero-order valence-electron chi connectivity index (χ0n) is 9.08. The van der Waals surface area contributed by atoms with Gasteiger partial charge in [0, 0.05) is 11.8 Å². The fourth-order valence-corrected chi connectivity index (χ4v) is 1.78. The molecule has 1 aliphatic heterocycles. The second-order valence-electron chi connectivity index (χ2n) is 3.84. The number of esters is 2. The van der Waals surface area contributed by atoms with Gasteiger partial charge in [-0.15, -0.1) is 0 Å². The van der Waals surface area contributed by atoms with Crippen molar-refractivity contribution in [2.24, 2.45) is 0 Å². The van der Waals surface area contributed by atoms with Gasteiger partial charge in [0.25, 0.3) is 0 Å². The van der Waals surface area contributed by atoms with Crippen molar-refractivity contribution in [2.45, 2.75) is 0 Å². The molecule has 0 amide bonds. The summed E-state index contributed by atoms with van der Waals surface area (Å²) in [6.45, 7) is 0. The lowest BCUT2D eigenvalue weighted by molar-refractivity contribution is 0.0441. The Morgan fingerprint density at radius 1 is 1.00 bits per heavy atom. The quantitative estimate of drug-likeness (QED) is 0.608. The third-order valence-electron chi connectivity index (χ3n) is 2.69. The summed E-state index contributed by atoms with van der Waals surface area (Å²) in [5.41, 5.74) is 1.68. The molecule has 0 saturated heterocycles. The minimum absolute atomic E-state index is 0.0440. The van der Waals surface area contributed by atoms with Crippen LogP contribution in [0.5, 0.6) is 5.75 Å². The molecule has 5 heteroatoms. The van der Waals surface area contributed by atoms with E-state index in [1.165, 1.54) is 18.3 Å². The average Bonchev–Trinajstić information content (AvgIpc) is 2.66. The highest BCUT2D eigenvalue weighted by Gasteiger charge is 2.31. The minimum atomic E-state index is -0.716. The number of aromatic nitrogens is 1. The molecule has 5 nitrogen and oxygen atoms in total. The van der Waals surface area contributed by atoms with Crippen LogP contribution in [-0.4, -0.2) is 22.0 Å². The van der Waals surface area contributed by atoms with Crippen molar-refractivity contribution in [1.29, 1.82) is 0 Å². The lowest BCUT2D eigenvalue weighted by Gasteiger charge is -2.02. The Labute approximate surface area is 102 Å². The van der Waals surface area contributed by atoms with Gasteiger partial charge in [0.05, 0.1) is 5.56 Å². The summed E-state index contributed by atoms with van der Waals surface area (Å²) < 4.78 is 4.46. The monoisotopic (exact) mass is 241 g/mol. The standard InChI is InChI=1S/C13H7NO4/c15-9-3-1-7(2-4-9)8-5-10-11(14-6-8)13(17)18-12(10)16/h1-6,15H. The van der Waals surface area contributed by atoms with Gasteiger partial charge in [-0.05, 0) is 23.8 Å². The topological polar surface area (TPSA) is 76.5 Å². The maximum absolute atomic E-state index is 11.4. The summed E-state index contributed by atoms with van der Waals surface area (Å²) in [6, 6.07) is 8.02. The zero-order valence-corrected chi connectivity index (χ0v) is 9.08. The van der Waals surface area contributed by atoms with Crippen LogP contribution in [0.25, 0.3) is 11.1 Å². The number of benzene rings is 1. The van der Waals surface area contributed by atoms with Gasteiger partial charge in [0.2, 0.25) is 0 Å². The number of phenols is 1. The van der Waals surface area contributed by atoms with Gasteiger partial charge in [-0.2, -0.15) is 0 Å². The molecule has 2 heterocycles. The van der Waals surface area contributed by atoms with Gasteiger partial charge in [-0.3, -0.25) is 0 Å². The van der Waals surface area contributed by atoms with Crippen molar-refractivity contribution >= 4 is 11.9 Å². The van der Waals surface area contributed by atoms with Crippen LogP contribution in [-0.2, 0) is 4.74 Å². The van der Waals surface area contributed by atoms with Crippen molar-refractivity contribution in [1.82, 2.24) is 4.98 Å². The average molecular weight is 241 g/mol. The van der Waals surface area contributed by atoms with Gasteiger partial charge in [-0.1, -0.05) is 12.1 Å².